The molecular weight excluding hydrogens is 266 g/mol. The Bertz CT molecular complexity index is 371. The van der Waals surface area contributed by atoms with Crippen molar-refractivity contribution in [1.29, 1.82) is 5.26 Å². The summed E-state index contributed by atoms with van der Waals surface area (Å²) in [5, 5.41) is 8.93. The van der Waals surface area contributed by atoms with E-state index in [4.69, 9.17) is 10.00 Å². The zero-order valence-corrected chi connectivity index (χ0v) is 11.1. The summed E-state index contributed by atoms with van der Waals surface area (Å²) in [5.41, 5.74) is 0.588. The van der Waals surface area contributed by atoms with Gasteiger partial charge in [-0.05, 0) is 24.6 Å². The average molecular weight is 282 g/mol. The molecule has 0 aliphatic heterocycles. The largest absolute Gasteiger partial charge is 0.492 e. The summed E-state index contributed by atoms with van der Waals surface area (Å²) in [6, 6.07) is 7.64. The first-order valence-electron chi connectivity index (χ1n) is 5.60. The van der Waals surface area contributed by atoms with E-state index in [1.807, 2.05) is 12.1 Å². The fourth-order valence-corrected chi connectivity index (χ4v) is 1.79. The van der Waals surface area contributed by atoms with Crippen molar-refractivity contribution in [2.24, 2.45) is 0 Å². The predicted molar refractivity (Wildman–Crippen MR) is 68.5 cm³/mol. The smallest absolute Gasteiger partial charge is 0.137 e. The van der Waals surface area contributed by atoms with E-state index < -0.39 is 0 Å². The van der Waals surface area contributed by atoms with Crippen molar-refractivity contribution < 1.29 is 4.74 Å². The van der Waals surface area contributed by atoms with Crippen LogP contribution in [0.15, 0.2) is 22.7 Å². The highest BCUT2D eigenvalue weighted by molar-refractivity contribution is 9.10. The maximum absolute atomic E-state index is 8.93. The fourth-order valence-electron chi connectivity index (χ4n) is 1.43. The van der Waals surface area contributed by atoms with E-state index in [0.717, 1.165) is 10.9 Å². The first-order valence-corrected chi connectivity index (χ1v) is 6.39. The van der Waals surface area contributed by atoms with Crippen LogP contribution in [0, 0.1) is 11.3 Å². The van der Waals surface area contributed by atoms with Crippen LogP contribution in [0.4, 0.5) is 0 Å². The number of unbranched alkanes of at least 4 members (excludes halogenated alkanes) is 3. The minimum Gasteiger partial charge on any atom is -0.492 e. The van der Waals surface area contributed by atoms with E-state index >= 15 is 0 Å². The van der Waals surface area contributed by atoms with E-state index in [0.29, 0.717) is 17.9 Å². The molecule has 0 saturated carbocycles. The lowest BCUT2D eigenvalue weighted by atomic mass is 10.2. The van der Waals surface area contributed by atoms with Crippen molar-refractivity contribution in [1.82, 2.24) is 0 Å². The quantitative estimate of drug-likeness (QED) is 0.729. The van der Waals surface area contributed by atoms with Gasteiger partial charge < -0.3 is 4.74 Å². The monoisotopic (exact) mass is 281 g/mol. The summed E-state index contributed by atoms with van der Waals surface area (Å²) in [7, 11) is 0. The van der Waals surface area contributed by atoms with E-state index in [-0.39, 0.29) is 0 Å². The number of hydrogen-bond donors (Lipinski definition) is 0. The Labute approximate surface area is 105 Å². The minimum atomic E-state index is 0.588. The second-order valence-electron chi connectivity index (χ2n) is 3.66. The highest BCUT2D eigenvalue weighted by Gasteiger charge is 2.03. The van der Waals surface area contributed by atoms with Crippen molar-refractivity contribution in [3.63, 3.8) is 0 Å². The topological polar surface area (TPSA) is 33.0 Å². The van der Waals surface area contributed by atoms with Crippen molar-refractivity contribution >= 4 is 15.9 Å². The first-order chi connectivity index (χ1) is 7.77. The number of benzene rings is 1. The molecule has 0 fully saturated rings. The van der Waals surface area contributed by atoms with Gasteiger partial charge in [-0.3, -0.25) is 0 Å². The molecule has 0 aliphatic rings. The van der Waals surface area contributed by atoms with Crippen LogP contribution in [0.5, 0.6) is 5.75 Å². The van der Waals surface area contributed by atoms with Gasteiger partial charge in [-0.15, -0.1) is 0 Å². The van der Waals surface area contributed by atoms with E-state index in [1.165, 1.54) is 19.3 Å². The summed E-state index contributed by atoms with van der Waals surface area (Å²) >= 11 is 3.33. The standard InChI is InChI=1S/C13H16BrNO/c1-2-3-4-5-8-16-13-7-6-12(14)9-11(13)10-15/h6-7,9H,2-5,8H2,1H3. The molecule has 1 aromatic rings. The molecule has 1 rings (SSSR count). The summed E-state index contributed by atoms with van der Waals surface area (Å²) < 4.78 is 6.49. The molecule has 0 saturated heterocycles. The number of hydrogen-bond acceptors (Lipinski definition) is 2. The Morgan fingerprint density at radius 1 is 1.31 bits per heavy atom. The molecule has 0 spiro atoms. The Morgan fingerprint density at radius 2 is 2.12 bits per heavy atom. The lowest BCUT2D eigenvalue weighted by Crippen LogP contribution is -1.99. The van der Waals surface area contributed by atoms with Gasteiger partial charge in [0.2, 0.25) is 0 Å². The maximum atomic E-state index is 8.93. The lowest BCUT2D eigenvalue weighted by molar-refractivity contribution is 0.304. The van der Waals surface area contributed by atoms with Gasteiger partial charge >= 0.3 is 0 Å². The van der Waals surface area contributed by atoms with Crippen LogP contribution in [0.3, 0.4) is 0 Å². The molecule has 0 N–H and O–H groups in total. The molecule has 0 bridgehead atoms. The van der Waals surface area contributed by atoms with Crippen molar-refractivity contribution in [3.05, 3.63) is 28.2 Å². The second kappa shape index (κ2) is 7.29. The molecule has 0 amide bonds. The number of nitriles is 1. The zero-order valence-electron chi connectivity index (χ0n) is 9.50. The molecule has 1 aromatic carbocycles. The van der Waals surface area contributed by atoms with Crippen LogP contribution in [-0.4, -0.2) is 6.61 Å². The molecule has 0 aliphatic carbocycles. The van der Waals surface area contributed by atoms with E-state index in [1.54, 1.807) is 6.07 Å². The number of nitrogens with zero attached hydrogens (tertiary/aromatic N) is 1. The third-order valence-electron chi connectivity index (χ3n) is 2.32. The van der Waals surface area contributed by atoms with Gasteiger partial charge in [0.25, 0.3) is 0 Å². The minimum absolute atomic E-state index is 0.588. The van der Waals surface area contributed by atoms with Gasteiger partial charge in [-0.2, -0.15) is 5.26 Å². The average Bonchev–Trinajstić information content (AvgIpc) is 2.30. The van der Waals surface area contributed by atoms with Crippen molar-refractivity contribution in [2.75, 3.05) is 6.61 Å². The molecule has 16 heavy (non-hydrogen) atoms. The summed E-state index contributed by atoms with van der Waals surface area (Å²) in [6.07, 6.45) is 4.71. The highest BCUT2D eigenvalue weighted by atomic mass is 79.9. The summed E-state index contributed by atoms with van der Waals surface area (Å²) in [5.74, 6) is 0.683. The van der Waals surface area contributed by atoms with E-state index in [2.05, 4.69) is 28.9 Å². The first kappa shape index (κ1) is 13.1. The Morgan fingerprint density at radius 3 is 2.81 bits per heavy atom. The Balaban J connectivity index is 2.45. The third kappa shape index (κ3) is 4.24. The molecule has 2 nitrogen and oxygen atoms in total. The van der Waals surface area contributed by atoms with Crippen LogP contribution >= 0.6 is 15.9 Å². The molecule has 86 valence electrons. The van der Waals surface area contributed by atoms with Crippen LogP contribution in [-0.2, 0) is 0 Å². The van der Waals surface area contributed by atoms with Gasteiger partial charge in [0.1, 0.15) is 11.8 Å². The van der Waals surface area contributed by atoms with E-state index in [9.17, 15) is 0 Å². The summed E-state index contributed by atoms with van der Waals surface area (Å²) in [6.45, 7) is 2.87. The normalized spacial score (nSPS) is 9.81. The SMILES string of the molecule is CCCCCCOc1ccc(Br)cc1C#N. The van der Waals surface area contributed by atoms with Gasteiger partial charge in [0.05, 0.1) is 12.2 Å². The molecule has 0 unspecified atom stereocenters. The molecule has 3 heteroatoms. The molecule has 0 heterocycles. The van der Waals surface area contributed by atoms with Gasteiger partial charge in [-0.25, -0.2) is 0 Å². The predicted octanol–water partition coefficient (Wildman–Crippen LogP) is 4.28. The van der Waals surface area contributed by atoms with Crippen molar-refractivity contribution in [2.45, 2.75) is 32.6 Å². The Kier molecular flexibility index (Phi) is 5.95. The fraction of sp³-hybridized carbons (Fsp3) is 0.462. The second-order valence-corrected chi connectivity index (χ2v) is 4.58. The molecule has 0 atom stereocenters. The van der Waals surface area contributed by atoms with Crippen LogP contribution in [0.25, 0.3) is 0 Å². The van der Waals surface area contributed by atoms with Crippen LogP contribution in [0.1, 0.15) is 38.2 Å². The number of rotatable bonds is 6. The highest BCUT2D eigenvalue weighted by Crippen LogP contribution is 2.22. The van der Waals surface area contributed by atoms with Crippen molar-refractivity contribution in [3.8, 4) is 11.8 Å². The molecule has 0 aromatic heterocycles. The van der Waals surface area contributed by atoms with Gasteiger partial charge in [-0.1, -0.05) is 42.1 Å². The zero-order chi connectivity index (χ0) is 11.8. The van der Waals surface area contributed by atoms with Gasteiger partial charge in [0.15, 0.2) is 0 Å². The number of ether oxygens (including phenoxy) is 1. The summed E-state index contributed by atoms with van der Waals surface area (Å²) in [4.78, 5) is 0. The maximum Gasteiger partial charge on any atom is 0.137 e. The lowest BCUT2D eigenvalue weighted by Gasteiger charge is -2.07. The molecule has 0 radical (unpaired) electrons. The van der Waals surface area contributed by atoms with Crippen LogP contribution in [0.2, 0.25) is 0 Å². The van der Waals surface area contributed by atoms with Gasteiger partial charge in [0, 0.05) is 4.47 Å². The van der Waals surface area contributed by atoms with Crippen LogP contribution < -0.4 is 4.74 Å². The Hall–Kier alpha value is -1.01. The molecular formula is C13H16BrNO. The number of halogens is 1. The third-order valence-corrected chi connectivity index (χ3v) is 2.81.